The quantitative estimate of drug-likeness (QED) is 0.123. The molecule has 1 aliphatic rings. The fourth-order valence-corrected chi connectivity index (χ4v) is 4.89. The summed E-state index contributed by atoms with van der Waals surface area (Å²) in [5.41, 5.74) is 2.32. The Kier molecular flexibility index (Phi) is 8.77. The summed E-state index contributed by atoms with van der Waals surface area (Å²) in [5, 5.41) is 18.0. The largest absolute Gasteiger partial charge is 0.497 e. The number of anilines is 3. The summed E-state index contributed by atoms with van der Waals surface area (Å²) in [4.78, 5) is 29.7. The smallest absolute Gasteiger partial charge is 0.324 e. The Bertz CT molecular complexity index is 1820. The van der Waals surface area contributed by atoms with Crippen LogP contribution in [-0.2, 0) is 6.42 Å². The Morgan fingerprint density at radius 3 is 2.44 bits per heavy atom. The van der Waals surface area contributed by atoms with E-state index in [9.17, 15) is 9.59 Å². The molecule has 45 heavy (non-hydrogen) atoms. The van der Waals surface area contributed by atoms with Crippen LogP contribution < -0.4 is 30.7 Å². The number of benzene rings is 3. The average Bonchev–Trinajstić information content (AvgIpc) is 3.78. The van der Waals surface area contributed by atoms with E-state index in [0.29, 0.717) is 28.8 Å². The van der Waals surface area contributed by atoms with Gasteiger partial charge in [-0.25, -0.2) is 19.3 Å². The highest BCUT2D eigenvalue weighted by Gasteiger charge is 2.23. The molecule has 0 spiro atoms. The molecule has 0 saturated heterocycles. The van der Waals surface area contributed by atoms with Gasteiger partial charge in [-0.15, -0.1) is 0 Å². The Labute approximate surface area is 261 Å². The SMILES string of the molecule is CCCCc1cc(NC(=O)Nc2ccc(Oc3ccnc(NC(=O)NC4CC4)c3)c3ccccc23)n(-c2ccc(OC)cc2)n1. The molecule has 5 aromatic rings. The lowest BCUT2D eigenvalue weighted by Crippen LogP contribution is -2.30. The van der Waals surface area contributed by atoms with Crippen LogP contribution in [-0.4, -0.2) is 40.0 Å². The summed E-state index contributed by atoms with van der Waals surface area (Å²) in [7, 11) is 1.62. The van der Waals surface area contributed by atoms with E-state index < -0.39 is 6.03 Å². The Balaban J connectivity index is 1.19. The number of nitrogens with zero attached hydrogens (tertiary/aromatic N) is 3. The molecule has 0 unspecified atom stereocenters. The molecule has 2 aromatic heterocycles. The first-order valence-electron chi connectivity index (χ1n) is 15.0. The summed E-state index contributed by atoms with van der Waals surface area (Å²) >= 11 is 0. The van der Waals surface area contributed by atoms with Gasteiger partial charge in [0.15, 0.2) is 0 Å². The van der Waals surface area contributed by atoms with E-state index in [1.54, 1.807) is 42.3 Å². The van der Waals surface area contributed by atoms with Crippen molar-refractivity contribution in [3.63, 3.8) is 0 Å². The maximum Gasteiger partial charge on any atom is 0.324 e. The number of carbonyl (C=O) groups is 2. The van der Waals surface area contributed by atoms with Gasteiger partial charge >= 0.3 is 12.1 Å². The Morgan fingerprint density at radius 2 is 1.69 bits per heavy atom. The van der Waals surface area contributed by atoms with Crippen LogP contribution in [0.15, 0.2) is 85.1 Å². The van der Waals surface area contributed by atoms with E-state index in [1.165, 1.54) is 0 Å². The molecule has 0 aliphatic heterocycles. The van der Waals surface area contributed by atoms with Crippen molar-refractivity contribution in [1.29, 1.82) is 0 Å². The maximum atomic E-state index is 13.3. The number of aromatic nitrogens is 3. The molecule has 1 aliphatic carbocycles. The number of urea groups is 2. The highest BCUT2D eigenvalue weighted by molar-refractivity contribution is 6.07. The molecular weight excluding hydrogens is 570 g/mol. The van der Waals surface area contributed by atoms with Crippen LogP contribution in [0.1, 0.15) is 38.3 Å². The molecule has 0 atom stereocenters. The van der Waals surface area contributed by atoms with Crippen molar-refractivity contribution < 1.29 is 19.1 Å². The summed E-state index contributed by atoms with van der Waals surface area (Å²) in [5.74, 6) is 2.79. The Hall–Kier alpha value is -5.58. The normalized spacial score (nSPS) is 12.4. The Morgan fingerprint density at radius 1 is 0.889 bits per heavy atom. The van der Waals surface area contributed by atoms with Gasteiger partial charge in [0, 0.05) is 35.1 Å². The van der Waals surface area contributed by atoms with Crippen molar-refractivity contribution >= 4 is 40.2 Å². The molecule has 6 rings (SSSR count). The number of unbranched alkanes of at least 4 members (excludes halogenated alkanes) is 1. The molecular formula is C34H35N7O4. The fraction of sp³-hybridized carbons (Fsp3) is 0.235. The zero-order valence-electron chi connectivity index (χ0n) is 25.2. The van der Waals surface area contributed by atoms with Gasteiger partial charge < -0.3 is 20.1 Å². The molecule has 11 heteroatoms. The lowest BCUT2D eigenvalue weighted by molar-refractivity contribution is 0.251. The molecule has 4 amide bonds. The number of fused-ring (bicyclic) bond motifs is 1. The number of hydrogen-bond donors (Lipinski definition) is 4. The van der Waals surface area contributed by atoms with E-state index >= 15 is 0 Å². The second-order valence-corrected chi connectivity index (χ2v) is 10.8. The molecule has 0 radical (unpaired) electrons. The van der Waals surface area contributed by atoms with Gasteiger partial charge in [0.25, 0.3) is 0 Å². The van der Waals surface area contributed by atoms with E-state index in [2.05, 4.69) is 33.2 Å². The van der Waals surface area contributed by atoms with Crippen molar-refractivity contribution in [1.82, 2.24) is 20.1 Å². The number of methoxy groups -OCH3 is 1. The third kappa shape index (κ3) is 7.32. The monoisotopic (exact) mass is 605 g/mol. The molecule has 1 fully saturated rings. The molecule has 3 aromatic carbocycles. The zero-order chi connectivity index (χ0) is 31.2. The lowest BCUT2D eigenvalue weighted by atomic mass is 10.1. The second kappa shape index (κ2) is 13.4. The summed E-state index contributed by atoms with van der Waals surface area (Å²) in [6.07, 6.45) is 6.43. The summed E-state index contributed by atoms with van der Waals surface area (Å²) < 4.78 is 13.2. The molecule has 1 saturated carbocycles. The minimum atomic E-state index is -0.403. The predicted molar refractivity (Wildman–Crippen MR) is 175 cm³/mol. The standard InChI is InChI=1S/C34H35N7O4/c1-3-4-7-23-20-32(41(40-23)24-12-14-25(44-2)15-13-24)39-34(43)37-29-16-17-30(28-9-6-5-8-27(28)29)45-26-18-19-35-31(21-26)38-33(42)36-22-10-11-22/h5-6,8-9,12-22H,3-4,7,10-11H2,1-2H3,(H2,37,39,43)(H2,35,36,38,42). The van der Waals surface area contributed by atoms with Crippen molar-refractivity contribution in [2.75, 3.05) is 23.1 Å². The van der Waals surface area contributed by atoms with Crippen LogP contribution in [0.25, 0.3) is 16.5 Å². The number of amides is 4. The van der Waals surface area contributed by atoms with Crippen LogP contribution in [0.3, 0.4) is 0 Å². The fourth-order valence-electron chi connectivity index (χ4n) is 4.89. The summed E-state index contributed by atoms with van der Waals surface area (Å²) in [6, 6.07) is 23.6. The van der Waals surface area contributed by atoms with Gasteiger partial charge in [-0.05, 0) is 68.1 Å². The molecule has 11 nitrogen and oxygen atoms in total. The van der Waals surface area contributed by atoms with E-state index in [4.69, 9.17) is 14.6 Å². The van der Waals surface area contributed by atoms with Crippen LogP contribution in [0.2, 0.25) is 0 Å². The van der Waals surface area contributed by atoms with Crippen LogP contribution >= 0.6 is 0 Å². The number of carbonyl (C=O) groups excluding carboxylic acids is 2. The maximum absolute atomic E-state index is 13.3. The number of aryl methyl sites for hydroxylation is 1. The molecule has 4 N–H and O–H groups in total. The molecule has 0 bridgehead atoms. The van der Waals surface area contributed by atoms with Crippen molar-refractivity contribution in [3.8, 4) is 22.9 Å². The topological polar surface area (TPSA) is 131 Å². The first-order chi connectivity index (χ1) is 22.0. The van der Waals surface area contributed by atoms with Gasteiger partial charge in [-0.3, -0.25) is 10.6 Å². The van der Waals surface area contributed by atoms with Crippen LogP contribution in [0.5, 0.6) is 17.2 Å². The van der Waals surface area contributed by atoms with E-state index in [1.807, 2.05) is 54.6 Å². The number of pyridine rings is 1. The van der Waals surface area contributed by atoms with Gasteiger partial charge in [-0.1, -0.05) is 37.6 Å². The highest BCUT2D eigenvalue weighted by atomic mass is 16.5. The van der Waals surface area contributed by atoms with Gasteiger partial charge in [0.05, 0.1) is 24.2 Å². The van der Waals surface area contributed by atoms with Gasteiger partial charge in [0.2, 0.25) is 0 Å². The van der Waals surface area contributed by atoms with E-state index in [-0.39, 0.29) is 12.1 Å². The number of rotatable bonds is 11. The molecule has 230 valence electrons. The highest BCUT2D eigenvalue weighted by Crippen LogP contribution is 2.35. The average molecular weight is 606 g/mol. The number of nitrogens with one attached hydrogen (secondary N) is 4. The van der Waals surface area contributed by atoms with E-state index in [0.717, 1.165) is 60.0 Å². The number of hydrogen-bond acceptors (Lipinski definition) is 6. The third-order valence-electron chi connectivity index (χ3n) is 7.35. The minimum absolute atomic E-state index is 0.240. The zero-order valence-corrected chi connectivity index (χ0v) is 25.2. The summed E-state index contributed by atoms with van der Waals surface area (Å²) in [6.45, 7) is 2.13. The van der Waals surface area contributed by atoms with Gasteiger partial charge in [0.1, 0.15) is 28.9 Å². The van der Waals surface area contributed by atoms with Crippen molar-refractivity contribution in [2.24, 2.45) is 0 Å². The molecule has 2 heterocycles. The second-order valence-electron chi connectivity index (χ2n) is 10.8. The van der Waals surface area contributed by atoms with Crippen molar-refractivity contribution in [2.45, 2.75) is 45.1 Å². The first kappa shape index (κ1) is 29.5. The van der Waals surface area contributed by atoms with Gasteiger partial charge in [-0.2, -0.15) is 5.10 Å². The lowest BCUT2D eigenvalue weighted by Gasteiger charge is -2.15. The van der Waals surface area contributed by atoms with Crippen LogP contribution in [0.4, 0.5) is 26.9 Å². The predicted octanol–water partition coefficient (Wildman–Crippen LogP) is 7.49. The minimum Gasteiger partial charge on any atom is -0.497 e. The first-order valence-corrected chi connectivity index (χ1v) is 15.0. The van der Waals surface area contributed by atoms with Crippen molar-refractivity contribution in [3.05, 3.63) is 90.8 Å². The van der Waals surface area contributed by atoms with Crippen LogP contribution in [0, 0.1) is 0 Å². The number of ether oxygens (including phenoxy) is 2. The third-order valence-corrected chi connectivity index (χ3v) is 7.35.